The molecular weight excluding hydrogens is 306 g/mol. The molecule has 1 heterocycles. The van der Waals surface area contributed by atoms with E-state index < -0.39 is 0 Å². The molecule has 1 aromatic rings. The van der Waals surface area contributed by atoms with Crippen molar-refractivity contribution in [2.75, 3.05) is 26.9 Å². The van der Waals surface area contributed by atoms with Crippen LogP contribution in [-0.2, 0) is 20.7 Å². The number of hydrogen-bond donors (Lipinski definition) is 1. The molecule has 0 radical (unpaired) electrons. The molecule has 0 bridgehead atoms. The Morgan fingerprint density at radius 3 is 2.96 bits per heavy atom. The molecule has 5 nitrogen and oxygen atoms in total. The number of methoxy groups -OCH3 is 1. The standard InChI is InChI=1S/C19H29NO4/c1-4-24-17-9-8-15(12-14(17)2)6-5-7-19(21)20-16-10-11-23-13-18(16)22-3/h8-9,12,16,18H,4-7,10-11,13H2,1-3H3,(H,20,21)/t16-,18-/m1/s1. The first-order valence-electron chi connectivity index (χ1n) is 8.76. The van der Waals surface area contributed by atoms with Crippen LogP contribution in [0.4, 0.5) is 0 Å². The van der Waals surface area contributed by atoms with Crippen LogP contribution in [0.5, 0.6) is 5.75 Å². The average Bonchev–Trinajstić information content (AvgIpc) is 2.58. The Morgan fingerprint density at radius 1 is 1.42 bits per heavy atom. The summed E-state index contributed by atoms with van der Waals surface area (Å²) in [7, 11) is 1.66. The van der Waals surface area contributed by atoms with Crippen LogP contribution in [0.3, 0.4) is 0 Å². The fourth-order valence-corrected chi connectivity index (χ4v) is 3.03. The van der Waals surface area contributed by atoms with Crippen molar-refractivity contribution < 1.29 is 19.0 Å². The minimum absolute atomic E-state index is 0.0449. The van der Waals surface area contributed by atoms with Gasteiger partial charge >= 0.3 is 0 Å². The van der Waals surface area contributed by atoms with Crippen LogP contribution in [0.15, 0.2) is 18.2 Å². The Labute approximate surface area is 144 Å². The molecule has 1 aromatic carbocycles. The summed E-state index contributed by atoms with van der Waals surface area (Å²) in [5, 5.41) is 3.08. The molecular formula is C19H29NO4. The summed E-state index contributed by atoms with van der Waals surface area (Å²) in [5.74, 6) is 1.02. The van der Waals surface area contributed by atoms with Gasteiger partial charge < -0.3 is 19.5 Å². The maximum Gasteiger partial charge on any atom is 0.220 e. The van der Waals surface area contributed by atoms with E-state index in [4.69, 9.17) is 14.2 Å². The van der Waals surface area contributed by atoms with Crippen molar-refractivity contribution >= 4 is 5.91 Å². The topological polar surface area (TPSA) is 56.8 Å². The second kappa shape index (κ2) is 9.64. The van der Waals surface area contributed by atoms with E-state index in [1.165, 1.54) is 5.56 Å². The predicted molar refractivity (Wildman–Crippen MR) is 93.4 cm³/mol. The number of aryl methyl sites for hydroxylation is 2. The van der Waals surface area contributed by atoms with Gasteiger partial charge in [-0.2, -0.15) is 0 Å². The first kappa shape index (κ1) is 18.7. The van der Waals surface area contributed by atoms with Gasteiger partial charge in [0.25, 0.3) is 0 Å². The third-order valence-electron chi connectivity index (χ3n) is 4.36. The number of amides is 1. The molecule has 2 atom stereocenters. The maximum atomic E-state index is 12.1. The molecule has 0 unspecified atom stereocenters. The van der Waals surface area contributed by atoms with Crippen molar-refractivity contribution in [1.82, 2.24) is 5.32 Å². The van der Waals surface area contributed by atoms with Crippen LogP contribution in [0, 0.1) is 6.92 Å². The highest BCUT2D eigenvalue weighted by atomic mass is 16.5. The van der Waals surface area contributed by atoms with Crippen molar-refractivity contribution in [1.29, 1.82) is 0 Å². The molecule has 1 N–H and O–H groups in total. The number of nitrogens with one attached hydrogen (secondary N) is 1. The second-order valence-electron chi connectivity index (χ2n) is 6.20. The van der Waals surface area contributed by atoms with Gasteiger partial charge in [-0.25, -0.2) is 0 Å². The van der Waals surface area contributed by atoms with Gasteiger partial charge in [-0.1, -0.05) is 12.1 Å². The molecule has 1 aliphatic rings. The summed E-state index contributed by atoms with van der Waals surface area (Å²) in [4.78, 5) is 12.1. The van der Waals surface area contributed by atoms with E-state index >= 15 is 0 Å². The van der Waals surface area contributed by atoms with E-state index in [1.807, 2.05) is 13.0 Å². The first-order chi connectivity index (χ1) is 11.6. The Balaban J connectivity index is 1.75. The lowest BCUT2D eigenvalue weighted by atomic mass is 10.0. The average molecular weight is 335 g/mol. The van der Waals surface area contributed by atoms with E-state index in [0.29, 0.717) is 26.2 Å². The van der Waals surface area contributed by atoms with Gasteiger partial charge in [0, 0.05) is 20.1 Å². The van der Waals surface area contributed by atoms with Gasteiger partial charge in [-0.05, 0) is 50.3 Å². The summed E-state index contributed by atoms with van der Waals surface area (Å²) < 4.78 is 16.3. The minimum Gasteiger partial charge on any atom is -0.494 e. The number of carbonyl (C=O) groups is 1. The third kappa shape index (κ3) is 5.49. The predicted octanol–water partition coefficient (Wildman–Crippen LogP) is 2.64. The lowest BCUT2D eigenvalue weighted by Crippen LogP contribution is -2.49. The van der Waals surface area contributed by atoms with Crippen molar-refractivity contribution in [3.63, 3.8) is 0 Å². The zero-order valence-corrected chi connectivity index (χ0v) is 15.0. The summed E-state index contributed by atoms with van der Waals surface area (Å²) in [6.45, 7) is 5.94. The van der Waals surface area contributed by atoms with E-state index in [9.17, 15) is 4.79 Å². The van der Waals surface area contributed by atoms with E-state index in [-0.39, 0.29) is 18.1 Å². The summed E-state index contributed by atoms with van der Waals surface area (Å²) in [6.07, 6.45) is 3.02. The molecule has 1 fully saturated rings. The van der Waals surface area contributed by atoms with Crippen molar-refractivity contribution in [2.45, 2.75) is 51.7 Å². The Hall–Kier alpha value is -1.59. The van der Waals surface area contributed by atoms with E-state index in [0.717, 1.165) is 30.6 Å². The van der Waals surface area contributed by atoms with E-state index in [2.05, 4.69) is 24.4 Å². The maximum absolute atomic E-state index is 12.1. The first-order valence-corrected chi connectivity index (χ1v) is 8.76. The zero-order chi connectivity index (χ0) is 17.4. The van der Waals surface area contributed by atoms with Crippen LogP contribution < -0.4 is 10.1 Å². The largest absolute Gasteiger partial charge is 0.494 e. The molecule has 0 aromatic heterocycles. The molecule has 134 valence electrons. The highest BCUT2D eigenvalue weighted by molar-refractivity contribution is 5.76. The van der Waals surface area contributed by atoms with Gasteiger partial charge in [-0.3, -0.25) is 4.79 Å². The van der Waals surface area contributed by atoms with Gasteiger partial charge in [0.15, 0.2) is 0 Å². The molecule has 24 heavy (non-hydrogen) atoms. The Bertz CT molecular complexity index is 532. The monoisotopic (exact) mass is 335 g/mol. The lowest BCUT2D eigenvalue weighted by molar-refractivity contribution is -0.125. The number of benzene rings is 1. The van der Waals surface area contributed by atoms with Gasteiger partial charge in [0.1, 0.15) is 11.9 Å². The Morgan fingerprint density at radius 2 is 2.25 bits per heavy atom. The van der Waals surface area contributed by atoms with Crippen LogP contribution in [-0.4, -0.2) is 45.0 Å². The molecule has 0 aliphatic carbocycles. The molecule has 2 rings (SSSR count). The van der Waals surface area contributed by atoms with Gasteiger partial charge in [0.05, 0.1) is 19.3 Å². The molecule has 1 aliphatic heterocycles. The van der Waals surface area contributed by atoms with Crippen LogP contribution in [0.25, 0.3) is 0 Å². The number of rotatable bonds is 8. The van der Waals surface area contributed by atoms with Crippen molar-refractivity contribution in [3.8, 4) is 5.75 Å². The molecule has 1 saturated heterocycles. The molecule has 1 amide bonds. The quantitative estimate of drug-likeness (QED) is 0.793. The Kier molecular flexibility index (Phi) is 7.53. The van der Waals surface area contributed by atoms with Gasteiger partial charge in [-0.15, -0.1) is 0 Å². The van der Waals surface area contributed by atoms with E-state index in [1.54, 1.807) is 7.11 Å². The SMILES string of the molecule is CCOc1ccc(CCCC(=O)N[C@@H]2CCOC[C@H]2OC)cc1C. The van der Waals surface area contributed by atoms with Gasteiger partial charge in [0.2, 0.25) is 5.91 Å². The van der Waals surface area contributed by atoms with Crippen molar-refractivity contribution in [2.24, 2.45) is 0 Å². The number of ether oxygens (including phenoxy) is 3. The summed E-state index contributed by atoms with van der Waals surface area (Å²) in [6, 6.07) is 6.29. The highest BCUT2D eigenvalue weighted by Gasteiger charge is 2.26. The normalized spacial score (nSPS) is 20.6. The van der Waals surface area contributed by atoms with Crippen LogP contribution >= 0.6 is 0 Å². The minimum atomic E-state index is -0.0449. The molecule has 5 heteroatoms. The lowest BCUT2D eigenvalue weighted by Gasteiger charge is -2.31. The van der Waals surface area contributed by atoms with Crippen LogP contribution in [0.1, 0.15) is 37.3 Å². The summed E-state index contributed by atoms with van der Waals surface area (Å²) in [5.41, 5.74) is 2.38. The highest BCUT2D eigenvalue weighted by Crippen LogP contribution is 2.20. The summed E-state index contributed by atoms with van der Waals surface area (Å²) >= 11 is 0. The van der Waals surface area contributed by atoms with Crippen LogP contribution in [0.2, 0.25) is 0 Å². The zero-order valence-electron chi connectivity index (χ0n) is 15.0. The fraction of sp³-hybridized carbons (Fsp3) is 0.632. The molecule has 0 spiro atoms. The smallest absolute Gasteiger partial charge is 0.220 e. The third-order valence-corrected chi connectivity index (χ3v) is 4.36. The fourth-order valence-electron chi connectivity index (χ4n) is 3.03. The second-order valence-corrected chi connectivity index (χ2v) is 6.20. The molecule has 0 saturated carbocycles. The number of carbonyl (C=O) groups excluding carboxylic acids is 1. The van der Waals surface area contributed by atoms with Crippen molar-refractivity contribution in [3.05, 3.63) is 29.3 Å². The number of hydrogen-bond acceptors (Lipinski definition) is 4.